The SMILES string of the molecule is CCOC(=O)c1ccccc1NC(=O)CSC1=NS(=O)(=O)c2ccccc2N1. The molecule has 0 saturated carbocycles. The highest BCUT2D eigenvalue weighted by Gasteiger charge is 2.25. The molecule has 0 unspecified atom stereocenters. The summed E-state index contributed by atoms with van der Waals surface area (Å²) in [6, 6.07) is 12.9. The summed E-state index contributed by atoms with van der Waals surface area (Å²) in [5.74, 6) is -1.05. The molecule has 1 aliphatic rings. The second-order valence-electron chi connectivity index (χ2n) is 5.60. The van der Waals surface area contributed by atoms with E-state index in [9.17, 15) is 18.0 Å². The van der Waals surface area contributed by atoms with E-state index in [2.05, 4.69) is 15.0 Å². The number of thioether (sulfide) groups is 1. The minimum absolute atomic E-state index is 0.0900. The predicted molar refractivity (Wildman–Crippen MR) is 108 cm³/mol. The van der Waals surface area contributed by atoms with Crippen molar-refractivity contribution >= 4 is 50.2 Å². The van der Waals surface area contributed by atoms with Crippen LogP contribution in [-0.4, -0.2) is 37.8 Å². The maximum absolute atomic E-state index is 12.3. The molecule has 2 N–H and O–H groups in total. The molecule has 3 rings (SSSR count). The number of rotatable bonds is 5. The Morgan fingerprint density at radius 2 is 1.86 bits per heavy atom. The van der Waals surface area contributed by atoms with Crippen LogP contribution in [-0.2, 0) is 19.6 Å². The fourth-order valence-electron chi connectivity index (χ4n) is 2.45. The first-order valence-electron chi connectivity index (χ1n) is 8.30. The zero-order valence-corrected chi connectivity index (χ0v) is 16.5. The molecule has 0 spiro atoms. The molecule has 1 heterocycles. The first kappa shape index (κ1) is 19.9. The van der Waals surface area contributed by atoms with E-state index in [0.717, 1.165) is 11.8 Å². The van der Waals surface area contributed by atoms with Gasteiger partial charge in [0.25, 0.3) is 10.0 Å². The molecular weight excluding hydrogens is 402 g/mol. The molecule has 28 heavy (non-hydrogen) atoms. The lowest BCUT2D eigenvalue weighted by atomic mass is 10.2. The first-order valence-corrected chi connectivity index (χ1v) is 10.7. The minimum Gasteiger partial charge on any atom is -0.462 e. The van der Waals surface area contributed by atoms with Crippen LogP contribution in [0.1, 0.15) is 17.3 Å². The molecule has 8 nitrogen and oxygen atoms in total. The van der Waals surface area contributed by atoms with Crippen LogP contribution in [0.2, 0.25) is 0 Å². The quantitative estimate of drug-likeness (QED) is 0.716. The van der Waals surface area contributed by atoms with Gasteiger partial charge < -0.3 is 15.4 Å². The van der Waals surface area contributed by atoms with Gasteiger partial charge in [-0.2, -0.15) is 8.42 Å². The molecule has 0 fully saturated rings. The van der Waals surface area contributed by atoms with E-state index < -0.39 is 21.9 Å². The number of carbonyl (C=O) groups excluding carboxylic acids is 2. The average molecular weight is 419 g/mol. The fourth-order valence-corrected chi connectivity index (χ4v) is 4.49. The number of amides is 1. The maximum atomic E-state index is 12.3. The number of para-hydroxylation sites is 2. The Hall–Kier alpha value is -2.85. The molecule has 1 amide bonds. The number of anilines is 2. The van der Waals surface area contributed by atoms with E-state index >= 15 is 0 Å². The zero-order valence-electron chi connectivity index (χ0n) is 14.8. The van der Waals surface area contributed by atoms with Crippen LogP contribution >= 0.6 is 11.8 Å². The second-order valence-corrected chi connectivity index (χ2v) is 8.13. The Morgan fingerprint density at radius 1 is 1.14 bits per heavy atom. The van der Waals surface area contributed by atoms with E-state index in [1.54, 1.807) is 49.4 Å². The normalized spacial score (nSPS) is 14.2. The Morgan fingerprint density at radius 3 is 2.64 bits per heavy atom. The van der Waals surface area contributed by atoms with Crippen LogP contribution in [0.5, 0.6) is 0 Å². The summed E-state index contributed by atoms with van der Waals surface area (Å²) in [7, 11) is -3.81. The van der Waals surface area contributed by atoms with Crippen molar-refractivity contribution < 1.29 is 22.7 Å². The van der Waals surface area contributed by atoms with E-state index in [0.29, 0.717) is 11.4 Å². The average Bonchev–Trinajstić information content (AvgIpc) is 2.66. The van der Waals surface area contributed by atoms with Crippen molar-refractivity contribution in [2.75, 3.05) is 23.0 Å². The molecule has 0 bridgehead atoms. The number of carbonyl (C=O) groups is 2. The predicted octanol–water partition coefficient (Wildman–Crippen LogP) is 2.71. The van der Waals surface area contributed by atoms with Crippen molar-refractivity contribution in [1.82, 2.24) is 0 Å². The lowest BCUT2D eigenvalue weighted by Gasteiger charge is -2.17. The highest BCUT2D eigenvalue weighted by atomic mass is 32.2. The van der Waals surface area contributed by atoms with Crippen molar-refractivity contribution in [2.45, 2.75) is 11.8 Å². The van der Waals surface area contributed by atoms with Gasteiger partial charge in [0, 0.05) is 0 Å². The van der Waals surface area contributed by atoms with Crippen LogP contribution in [0.25, 0.3) is 0 Å². The smallest absolute Gasteiger partial charge is 0.340 e. The van der Waals surface area contributed by atoms with Gasteiger partial charge in [0.2, 0.25) is 5.91 Å². The van der Waals surface area contributed by atoms with Gasteiger partial charge in [0.15, 0.2) is 5.17 Å². The van der Waals surface area contributed by atoms with E-state index in [1.165, 1.54) is 6.07 Å². The van der Waals surface area contributed by atoms with Gasteiger partial charge in [-0.3, -0.25) is 4.79 Å². The minimum atomic E-state index is -3.81. The topological polar surface area (TPSA) is 114 Å². The number of amidine groups is 1. The lowest BCUT2D eigenvalue weighted by Crippen LogP contribution is -2.22. The Balaban J connectivity index is 1.66. The molecule has 2 aromatic rings. The lowest BCUT2D eigenvalue weighted by molar-refractivity contribution is -0.113. The van der Waals surface area contributed by atoms with E-state index in [4.69, 9.17) is 4.74 Å². The van der Waals surface area contributed by atoms with Gasteiger partial charge in [-0.25, -0.2) is 4.79 Å². The molecule has 0 aromatic heterocycles. The number of sulfonamides is 1. The summed E-state index contributed by atoms with van der Waals surface area (Å²) in [6.07, 6.45) is 0. The molecule has 1 aliphatic heterocycles. The first-order chi connectivity index (χ1) is 13.4. The van der Waals surface area contributed by atoms with Crippen molar-refractivity contribution in [3.8, 4) is 0 Å². The second kappa shape index (κ2) is 8.44. The van der Waals surface area contributed by atoms with Crippen LogP contribution in [0.15, 0.2) is 57.8 Å². The third-order valence-corrected chi connectivity index (χ3v) is 5.97. The summed E-state index contributed by atoms with van der Waals surface area (Å²) in [6.45, 7) is 1.91. The van der Waals surface area contributed by atoms with Crippen molar-refractivity contribution in [1.29, 1.82) is 0 Å². The van der Waals surface area contributed by atoms with Gasteiger partial charge in [-0.1, -0.05) is 36.0 Å². The number of ether oxygens (including phenoxy) is 1. The highest BCUT2D eigenvalue weighted by Crippen LogP contribution is 2.29. The number of hydrogen-bond donors (Lipinski definition) is 2. The van der Waals surface area contributed by atoms with Crippen LogP contribution < -0.4 is 10.6 Å². The molecule has 2 aromatic carbocycles. The number of hydrogen-bond acceptors (Lipinski definition) is 7. The molecular formula is C18H17N3O5S2. The zero-order chi connectivity index (χ0) is 20.1. The number of esters is 1. The largest absolute Gasteiger partial charge is 0.462 e. The van der Waals surface area contributed by atoms with Gasteiger partial charge in [-0.15, -0.1) is 4.40 Å². The van der Waals surface area contributed by atoms with Crippen LogP contribution in [0.3, 0.4) is 0 Å². The number of nitrogens with zero attached hydrogens (tertiary/aromatic N) is 1. The molecule has 0 saturated heterocycles. The Bertz CT molecular complexity index is 1050. The molecule has 0 radical (unpaired) electrons. The number of nitrogens with one attached hydrogen (secondary N) is 2. The third-order valence-electron chi connectivity index (χ3n) is 3.65. The van der Waals surface area contributed by atoms with Crippen molar-refractivity contribution in [3.63, 3.8) is 0 Å². The maximum Gasteiger partial charge on any atom is 0.340 e. The van der Waals surface area contributed by atoms with Gasteiger partial charge >= 0.3 is 5.97 Å². The number of fused-ring (bicyclic) bond motifs is 1. The van der Waals surface area contributed by atoms with Crippen molar-refractivity contribution in [2.24, 2.45) is 4.40 Å². The Kier molecular flexibility index (Phi) is 6.00. The fraction of sp³-hybridized carbons (Fsp3) is 0.167. The molecule has 0 aliphatic carbocycles. The van der Waals surface area contributed by atoms with Gasteiger partial charge in [-0.05, 0) is 31.2 Å². The third kappa shape index (κ3) is 4.52. The van der Waals surface area contributed by atoms with Crippen molar-refractivity contribution in [3.05, 3.63) is 54.1 Å². The van der Waals surface area contributed by atoms with Gasteiger partial charge in [0.1, 0.15) is 4.90 Å². The van der Waals surface area contributed by atoms with E-state index in [1.807, 2.05) is 0 Å². The summed E-state index contributed by atoms with van der Waals surface area (Å²) in [5.41, 5.74) is 0.975. The van der Waals surface area contributed by atoms with E-state index in [-0.39, 0.29) is 28.0 Å². The molecule has 10 heteroatoms. The van der Waals surface area contributed by atoms with Gasteiger partial charge in [0.05, 0.1) is 29.3 Å². The molecule has 0 atom stereocenters. The highest BCUT2D eigenvalue weighted by molar-refractivity contribution is 8.15. The summed E-state index contributed by atoms with van der Waals surface area (Å²) < 4.78 is 33.1. The molecule has 146 valence electrons. The monoisotopic (exact) mass is 419 g/mol. The van der Waals surface area contributed by atoms with Crippen LogP contribution in [0, 0.1) is 0 Å². The summed E-state index contributed by atoms with van der Waals surface area (Å²) in [5, 5.41) is 5.64. The number of benzene rings is 2. The van der Waals surface area contributed by atoms with Crippen LogP contribution in [0.4, 0.5) is 11.4 Å². The Labute approximate surface area is 166 Å². The summed E-state index contributed by atoms with van der Waals surface area (Å²) >= 11 is 0.947. The summed E-state index contributed by atoms with van der Waals surface area (Å²) in [4.78, 5) is 24.3. The standard InChI is InChI=1S/C18H17N3O5S2/c1-2-26-17(23)12-7-3-4-8-13(12)19-16(22)11-27-18-20-14-9-5-6-10-15(14)28(24,25)21-18/h3-10H,2,11H2,1H3,(H,19,22)(H,20,21).